The second-order valence-corrected chi connectivity index (χ2v) is 6.72. The van der Waals surface area contributed by atoms with Crippen LogP contribution in [0, 0.1) is 0 Å². The Labute approximate surface area is 177 Å². The van der Waals surface area contributed by atoms with Crippen LogP contribution in [0.3, 0.4) is 0 Å². The summed E-state index contributed by atoms with van der Waals surface area (Å²) in [4.78, 5) is 12.4. The quantitative estimate of drug-likeness (QED) is 0.643. The highest BCUT2D eigenvalue weighted by atomic mass is 35.5. The number of piperidine rings is 1. The molecule has 1 saturated heterocycles. The molecule has 9 heteroatoms. The summed E-state index contributed by atoms with van der Waals surface area (Å²) >= 11 is 0. The van der Waals surface area contributed by atoms with Crippen molar-refractivity contribution in [1.29, 1.82) is 0 Å². The van der Waals surface area contributed by atoms with E-state index >= 15 is 0 Å². The minimum atomic E-state index is -0.198. The molecular formula is C20H30ClN5O3. The lowest BCUT2D eigenvalue weighted by Crippen LogP contribution is -2.29. The van der Waals surface area contributed by atoms with Crippen LogP contribution in [0.15, 0.2) is 24.4 Å². The predicted octanol–water partition coefficient (Wildman–Crippen LogP) is 2.39. The van der Waals surface area contributed by atoms with Crippen molar-refractivity contribution in [2.75, 3.05) is 32.8 Å². The maximum atomic E-state index is 12.4. The van der Waals surface area contributed by atoms with Crippen LogP contribution < -0.4 is 20.1 Å². The van der Waals surface area contributed by atoms with Crippen molar-refractivity contribution in [3.63, 3.8) is 0 Å². The van der Waals surface area contributed by atoms with Crippen molar-refractivity contribution in [2.24, 2.45) is 0 Å². The number of halogens is 1. The molecule has 0 spiro atoms. The fourth-order valence-corrected chi connectivity index (χ4v) is 3.29. The van der Waals surface area contributed by atoms with Gasteiger partial charge in [-0.1, -0.05) is 11.3 Å². The molecule has 2 N–H and O–H groups in total. The SMILES string of the molecule is CCOc1ccc(CCNC(=O)c2cn(C3CCNCC3)nn2)cc1OCC.Cl. The lowest BCUT2D eigenvalue weighted by molar-refractivity contribution is 0.0949. The summed E-state index contributed by atoms with van der Waals surface area (Å²) in [7, 11) is 0. The molecule has 2 heterocycles. The molecule has 1 aromatic heterocycles. The van der Waals surface area contributed by atoms with Gasteiger partial charge in [-0.2, -0.15) is 0 Å². The highest BCUT2D eigenvalue weighted by Gasteiger charge is 2.18. The zero-order valence-electron chi connectivity index (χ0n) is 17.0. The third kappa shape index (κ3) is 6.33. The van der Waals surface area contributed by atoms with Crippen molar-refractivity contribution < 1.29 is 14.3 Å². The summed E-state index contributed by atoms with van der Waals surface area (Å²) in [5, 5.41) is 14.4. The third-order valence-corrected chi connectivity index (χ3v) is 4.73. The smallest absolute Gasteiger partial charge is 0.273 e. The lowest BCUT2D eigenvalue weighted by Gasteiger charge is -2.22. The van der Waals surface area contributed by atoms with Crippen molar-refractivity contribution >= 4 is 18.3 Å². The van der Waals surface area contributed by atoms with E-state index in [9.17, 15) is 4.79 Å². The summed E-state index contributed by atoms with van der Waals surface area (Å²) in [5.74, 6) is 1.28. The maximum absolute atomic E-state index is 12.4. The molecule has 29 heavy (non-hydrogen) atoms. The third-order valence-electron chi connectivity index (χ3n) is 4.73. The average molecular weight is 424 g/mol. The van der Waals surface area contributed by atoms with Gasteiger partial charge in [0.2, 0.25) is 0 Å². The van der Waals surface area contributed by atoms with Crippen molar-refractivity contribution in [2.45, 2.75) is 39.2 Å². The van der Waals surface area contributed by atoms with E-state index in [4.69, 9.17) is 9.47 Å². The van der Waals surface area contributed by atoms with Gasteiger partial charge in [-0.25, -0.2) is 4.68 Å². The Morgan fingerprint density at radius 3 is 2.66 bits per heavy atom. The van der Waals surface area contributed by atoms with Crippen LogP contribution in [0.4, 0.5) is 0 Å². The number of aromatic nitrogens is 3. The first-order valence-electron chi connectivity index (χ1n) is 10.0. The monoisotopic (exact) mass is 423 g/mol. The summed E-state index contributed by atoms with van der Waals surface area (Å²) in [5.41, 5.74) is 1.44. The molecule has 3 rings (SSSR count). The average Bonchev–Trinajstić information content (AvgIpc) is 3.21. The molecule has 8 nitrogen and oxygen atoms in total. The highest BCUT2D eigenvalue weighted by molar-refractivity contribution is 5.91. The molecule has 0 unspecified atom stereocenters. The van der Waals surface area contributed by atoms with Gasteiger partial charge in [-0.05, 0) is 63.9 Å². The van der Waals surface area contributed by atoms with Crippen LogP contribution in [0.1, 0.15) is 48.8 Å². The maximum Gasteiger partial charge on any atom is 0.273 e. The fourth-order valence-electron chi connectivity index (χ4n) is 3.29. The molecule has 1 amide bonds. The van der Waals surface area contributed by atoms with Gasteiger partial charge < -0.3 is 20.1 Å². The van der Waals surface area contributed by atoms with Gasteiger partial charge in [0, 0.05) is 6.54 Å². The summed E-state index contributed by atoms with van der Waals surface area (Å²) < 4.78 is 13.0. The summed E-state index contributed by atoms with van der Waals surface area (Å²) in [6.07, 6.45) is 4.45. The van der Waals surface area contributed by atoms with Gasteiger partial charge in [0.15, 0.2) is 17.2 Å². The molecule has 2 aromatic rings. The molecule has 0 saturated carbocycles. The van der Waals surface area contributed by atoms with Crippen LogP contribution in [0.2, 0.25) is 0 Å². The lowest BCUT2D eigenvalue weighted by atomic mass is 10.1. The second-order valence-electron chi connectivity index (χ2n) is 6.72. The van der Waals surface area contributed by atoms with E-state index in [2.05, 4.69) is 20.9 Å². The van der Waals surface area contributed by atoms with Gasteiger partial charge in [0.25, 0.3) is 5.91 Å². The number of nitrogens with one attached hydrogen (secondary N) is 2. The zero-order chi connectivity index (χ0) is 19.8. The van der Waals surface area contributed by atoms with Crippen LogP contribution in [0.5, 0.6) is 11.5 Å². The number of amides is 1. The van der Waals surface area contributed by atoms with Crippen molar-refractivity contribution in [1.82, 2.24) is 25.6 Å². The minimum Gasteiger partial charge on any atom is -0.490 e. The number of benzene rings is 1. The van der Waals surface area contributed by atoms with E-state index in [0.717, 1.165) is 43.0 Å². The van der Waals surface area contributed by atoms with Gasteiger partial charge in [0.05, 0.1) is 25.5 Å². The molecule has 0 aliphatic carbocycles. The fraction of sp³-hybridized carbons (Fsp3) is 0.550. The Morgan fingerprint density at radius 2 is 1.93 bits per heavy atom. The first-order valence-corrected chi connectivity index (χ1v) is 10.0. The normalized spacial score (nSPS) is 14.1. The number of hydrogen-bond donors (Lipinski definition) is 2. The van der Waals surface area contributed by atoms with E-state index in [-0.39, 0.29) is 18.3 Å². The van der Waals surface area contributed by atoms with Gasteiger partial charge in [-0.3, -0.25) is 4.79 Å². The van der Waals surface area contributed by atoms with Gasteiger partial charge in [0.1, 0.15) is 0 Å². The van der Waals surface area contributed by atoms with Crippen LogP contribution in [0.25, 0.3) is 0 Å². The molecule has 160 valence electrons. The molecule has 1 fully saturated rings. The predicted molar refractivity (Wildman–Crippen MR) is 113 cm³/mol. The van der Waals surface area contributed by atoms with Crippen LogP contribution >= 0.6 is 12.4 Å². The largest absolute Gasteiger partial charge is 0.490 e. The Bertz CT molecular complexity index is 777. The summed E-state index contributed by atoms with van der Waals surface area (Å²) in [6, 6.07) is 6.19. The van der Waals surface area contributed by atoms with Gasteiger partial charge >= 0.3 is 0 Å². The van der Waals surface area contributed by atoms with Crippen molar-refractivity contribution in [3.05, 3.63) is 35.7 Å². The number of carbonyl (C=O) groups excluding carboxylic acids is 1. The number of carbonyl (C=O) groups is 1. The topological polar surface area (TPSA) is 90.3 Å². The number of hydrogen-bond acceptors (Lipinski definition) is 6. The number of ether oxygens (including phenoxy) is 2. The number of rotatable bonds is 9. The van der Waals surface area contributed by atoms with E-state index in [0.29, 0.717) is 37.9 Å². The van der Waals surface area contributed by atoms with Crippen LogP contribution in [-0.4, -0.2) is 53.7 Å². The zero-order valence-corrected chi connectivity index (χ0v) is 17.8. The second kappa shape index (κ2) is 11.6. The first-order chi connectivity index (χ1) is 13.7. The molecule has 0 radical (unpaired) electrons. The minimum absolute atomic E-state index is 0. The Kier molecular flexibility index (Phi) is 9.21. The number of nitrogens with zero attached hydrogens (tertiary/aromatic N) is 3. The Balaban J connectivity index is 0.00000300. The van der Waals surface area contributed by atoms with E-state index in [1.807, 2.05) is 36.7 Å². The van der Waals surface area contributed by atoms with E-state index in [1.54, 1.807) is 6.20 Å². The van der Waals surface area contributed by atoms with Crippen LogP contribution in [-0.2, 0) is 6.42 Å². The molecule has 0 atom stereocenters. The van der Waals surface area contributed by atoms with E-state index < -0.39 is 0 Å². The van der Waals surface area contributed by atoms with Gasteiger partial charge in [-0.15, -0.1) is 17.5 Å². The first kappa shape index (κ1) is 23.0. The van der Waals surface area contributed by atoms with Crippen molar-refractivity contribution in [3.8, 4) is 11.5 Å². The summed E-state index contributed by atoms with van der Waals surface area (Å²) in [6.45, 7) is 7.51. The molecule has 1 aliphatic rings. The Hall–Kier alpha value is -2.32. The molecule has 1 aromatic carbocycles. The highest BCUT2D eigenvalue weighted by Crippen LogP contribution is 2.28. The molecule has 0 bridgehead atoms. The standard InChI is InChI=1S/C20H29N5O3.ClH/c1-3-27-18-6-5-15(13-19(18)28-4-2)7-12-22-20(26)17-14-25(24-23-17)16-8-10-21-11-9-16;/h5-6,13-14,16,21H,3-4,7-12H2,1-2H3,(H,22,26);1H. The molecular weight excluding hydrogens is 394 g/mol. The Morgan fingerprint density at radius 1 is 1.21 bits per heavy atom. The van der Waals surface area contributed by atoms with E-state index in [1.165, 1.54) is 0 Å². The molecule has 1 aliphatic heterocycles.